The number of hydrogen-bond acceptors (Lipinski definition) is 4. The molecule has 94 valence electrons. The predicted octanol–water partition coefficient (Wildman–Crippen LogP) is 0.312. The van der Waals surface area contributed by atoms with Crippen molar-refractivity contribution < 1.29 is 9.90 Å². The maximum atomic E-state index is 11.8. The summed E-state index contributed by atoms with van der Waals surface area (Å²) in [4.78, 5) is 13.4. The summed E-state index contributed by atoms with van der Waals surface area (Å²) in [5, 5.41) is 13.4. The Balaban J connectivity index is 2.30. The quantitative estimate of drug-likeness (QED) is 0.663. The van der Waals surface area contributed by atoms with Gasteiger partial charge >= 0.3 is 0 Å². The van der Waals surface area contributed by atoms with Gasteiger partial charge in [0.2, 0.25) is 0 Å². The van der Waals surface area contributed by atoms with Crippen LogP contribution in [-0.4, -0.2) is 60.2 Å². The summed E-state index contributed by atoms with van der Waals surface area (Å²) in [7, 11) is 1.75. The minimum absolute atomic E-state index is 0.142. The highest BCUT2D eigenvalue weighted by atomic mass is 32.2. The molecule has 1 aliphatic rings. The molecule has 1 heterocycles. The van der Waals surface area contributed by atoms with Crippen LogP contribution in [0.5, 0.6) is 0 Å². The fourth-order valence-corrected chi connectivity index (χ4v) is 2.41. The Morgan fingerprint density at radius 1 is 1.62 bits per heavy atom. The fraction of sp³-hybridized carbons (Fsp3) is 0.909. The van der Waals surface area contributed by atoms with Gasteiger partial charge in [-0.25, -0.2) is 0 Å². The van der Waals surface area contributed by atoms with Crippen molar-refractivity contribution in [3.63, 3.8) is 0 Å². The van der Waals surface area contributed by atoms with E-state index in [4.69, 9.17) is 0 Å². The number of likely N-dealkylation sites (N-methyl/N-ethyl adjacent to an activating group) is 1. The molecule has 1 aliphatic heterocycles. The number of rotatable bonds is 6. The number of amides is 1. The average molecular weight is 246 g/mol. The molecule has 1 amide bonds. The van der Waals surface area contributed by atoms with Crippen LogP contribution < -0.4 is 5.32 Å². The maximum absolute atomic E-state index is 11.8. The van der Waals surface area contributed by atoms with E-state index in [-0.39, 0.29) is 5.91 Å². The molecule has 5 heteroatoms. The van der Waals surface area contributed by atoms with E-state index in [2.05, 4.69) is 11.6 Å². The van der Waals surface area contributed by atoms with Gasteiger partial charge in [-0.1, -0.05) is 0 Å². The Kier molecular flexibility index (Phi) is 5.58. The van der Waals surface area contributed by atoms with Gasteiger partial charge in [0.15, 0.2) is 5.60 Å². The average Bonchev–Trinajstić information content (AvgIpc) is 2.26. The third kappa shape index (κ3) is 3.64. The summed E-state index contributed by atoms with van der Waals surface area (Å²) in [5.41, 5.74) is -1.17. The Morgan fingerprint density at radius 2 is 2.38 bits per heavy atom. The van der Waals surface area contributed by atoms with Crippen molar-refractivity contribution in [3.8, 4) is 0 Å². The predicted molar refractivity (Wildman–Crippen MR) is 67.7 cm³/mol. The van der Waals surface area contributed by atoms with E-state index in [1.807, 2.05) is 11.8 Å². The van der Waals surface area contributed by atoms with Gasteiger partial charge in [-0.05, 0) is 37.8 Å². The van der Waals surface area contributed by atoms with Crippen LogP contribution in [0.25, 0.3) is 0 Å². The third-order valence-corrected chi connectivity index (χ3v) is 3.65. The van der Waals surface area contributed by atoms with Gasteiger partial charge in [-0.15, -0.1) is 0 Å². The molecule has 1 fully saturated rings. The highest BCUT2D eigenvalue weighted by molar-refractivity contribution is 7.98. The normalized spacial score (nSPS) is 26.2. The lowest BCUT2D eigenvalue weighted by Gasteiger charge is -2.36. The van der Waals surface area contributed by atoms with Gasteiger partial charge in [0.25, 0.3) is 5.91 Å². The summed E-state index contributed by atoms with van der Waals surface area (Å²) in [6.45, 7) is 2.00. The molecule has 0 saturated carbocycles. The summed E-state index contributed by atoms with van der Waals surface area (Å²) in [6, 6.07) is 0. The molecule has 0 aromatic carbocycles. The van der Waals surface area contributed by atoms with Crippen molar-refractivity contribution in [1.82, 2.24) is 10.2 Å². The van der Waals surface area contributed by atoms with Gasteiger partial charge < -0.3 is 15.3 Å². The maximum Gasteiger partial charge on any atom is 0.255 e. The van der Waals surface area contributed by atoms with Crippen molar-refractivity contribution in [3.05, 3.63) is 0 Å². The van der Waals surface area contributed by atoms with Crippen LogP contribution in [0.3, 0.4) is 0 Å². The lowest BCUT2D eigenvalue weighted by molar-refractivity contribution is -0.154. The second-order valence-electron chi connectivity index (χ2n) is 4.38. The molecule has 0 bridgehead atoms. The minimum Gasteiger partial charge on any atom is -0.379 e. The number of hydrogen-bond donors (Lipinski definition) is 2. The van der Waals surface area contributed by atoms with E-state index in [0.29, 0.717) is 13.0 Å². The lowest BCUT2D eigenvalue weighted by atomic mass is 9.92. The van der Waals surface area contributed by atoms with Crippen LogP contribution in [0.4, 0.5) is 0 Å². The Morgan fingerprint density at radius 3 is 3.06 bits per heavy atom. The monoisotopic (exact) mass is 246 g/mol. The number of likely N-dealkylation sites (tertiary alicyclic amines) is 1. The van der Waals surface area contributed by atoms with Crippen molar-refractivity contribution in [2.45, 2.75) is 24.9 Å². The van der Waals surface area contributed by atoms with Crippen LogP contribution in [0.1, 0.15) is 19.3 Å². The van der Waals surface area contributed by atoms with Crippen molar-refractivity contribution in [2.75, 3.05) is 38.7 Å². The Hall–Kier alpha value is -0.260. The van der Waals surface area contributed by atoms with Gasteiger partial charge in [0.05, 0.1) is 0 Å². The molecule has 1 saturated heterocycles. The topological polar surface area (TPSA) is 52.6 Å². The highest BCUT2D eigenvalue weighted by Gasteiger charge is 2.40. The number of aliphatic hydroxyl groups is 1. The number of carbonyl (C=O) groups excluding carboxylic acids is 1. The van der Waals surface area contributed by atoms with Crippen LogP contribution in [-0.2, 0) is 4.79 Å². The van der Waals surface area contributed by atoms with Crippen LogP contribution in [0.2, 0.25) is 0 Å². The second-order valence-corrected chi connectivity index (χ2v) is 5.37. The van der Waals surface area contributed by atoms with E-state index >= 15 is 0 Å². The molecule has 1 rings (SSSR count). The first-order chi connectivity index (χ1) is 7.60. The number of thioether (sulfide) groups is 1. The zero-order chi connectivity index (χ0) is 12.0. The van der Waals surface area contributed by atoms with Gasteiger partial charge in [-0.2, -0.15) is 11.8 Å². The molecule has 0 unspecified atom stereocenters. The molecule has 2 N–H and O–H groups in total. The molecule has 0 aliphatic carbocycles. The number of piperidine rings is 1. The van der Waals surface area contributed by atoms with Crippen LogP contribution in [0.15, 0.2) is 0 Å². The summed E-state index contributed by atoms with van der Waals surface area (Å²) in [5.74, 6) is 0.968. The third-order valence-electron chi connectivity index (χ3n) is 2.95. The van der Waals surface area contributed by atoms with E-state index in [1.165, 1.54) is 0 Å². The molecular formula is C11H22N2O2S. The Labute approximate surface area is 102 Å². The first kappa shape index (κ1) is 13.8. The van der Waals surface area contributed by atoms with Gasteiger partial charge in [-0.3, -0.25) is 4.79 Å². The van der Waals surface area contributed by atoms with E-state index in [1.54, 1.807) is 11.9 Å². The molecule has 0 spiro atoms. The first-order valence-corrected chi connectivity index (χ1v) is 7.17. The molecule has 0 radical (unpaired) electrons. The number of nitrogens with one attached hydrogen (secondary N) is 1. The van der Waals surface area contributed by atoms with Crippen molar-refractivity contribution >= 4 is 17.7 Å². The van der Waals surface area contributed by atoms with Crippen LogP contribution in [0, 0.1) is 0 Å². The molecule has 0 aromatic heterocycles. The summed E-state index contributed by atoms with van der Waals surface area (Å²) < 4.78 is 0. The number of nitrogens with zero attached hydrogens (tertiary/aromatic N) is 1. The number of carbonyl (C=O) groups is 1. The molecule has 4 nitrogen and oxygen atoms in total. The van der Waals surface area contributed by atoms with Crippen molar-refractivity contribution in [2.24, 2.45) is 0 Å². The van der Waals surface area contributed by atoms with E-state index < -0.39 is 5.60 Å². The zero-order valence-electron chi connectivity index (χ0n) is 10.2. The molecule has 16 heavy (non-hydrogen) atoms. The minimum atomic E-state index is -1.17. The van der Waals surface area contributed by atoms with E-state index in [0.717, 1.165) is 31.7 Å². The highest BCUT2D eigenvalue weighted by Crippen LogP contribution is 2.20. The van der Waals surface area contributed by atoms with Crippen LogP contribution >= 0.6 is 11.8 Å². The SMILES string of the molecule is CSCCCNC[C@@]1(O)CCCN(C)C1=O. The second kappa shape index (κ2) is 6.47. The fourth-order valence-electron chi connectivity index (χ4n) is 1.97. The molecule has 0 aromatic rings. The lowest BCUT2D eigenvalue weighted by Crippen LogP contribution is -2.56. The molecule has 1 atom stereocenters. The smallest absolute Gasteiger partial charge is 0.255 e. The van der Waals surface area contributed by atoms with Gasteiger partial charge in [0.1, 0.15) is 0 Å². The molecular weight excluding hydrogens is 224 g/mol. The van der Waals surface area contributed by atoms with E-state index in [9.17, 15) is 9.90 Å². The van der Waals surface area contributed by atoms with Crippen molar-refractivity contribution in [1.29, 1.82) is 0 Å². The first-order valence-electron chi connectivity index (χ1n) is 5.78. The zero-order valence-corrected chi connectivity index (χ0v) is 11.0. The standard InChI is InChI=1S/C11H22N2O2S/c1-13-7-3-5-11(15,10(13)14)9-12-6-4-8-16-2/h12,15H,3-9H2,1-2H3/t11-/m0/s1. The Bertz CT molecular complexity index is 238. The van der Waals surface area contributed by atoms with Gasteiger partial charge in [0, 0.05) is 20.1 Å². The summed E-state index contributed by atoms with van der Waals surface area (Å²) in [6.07, 6.45) is 4.60. The summed E-state index contributed by atoms with van der Waals surface area (Å²) >= 11 is 1.81. The largest absolute Gasteiger partial charge is 0.379 e.